The minimum Gasteiger partial charge on any atom is -0.491 e. The molecule has 0 spiro atoms. The van der Waals surface area contributed by atoms with Crippen molar-refractivity contribution in [3.05, 3.63) is 134 Å². The van der Waals surface area contributed by atoms with Crippen molar-refractivity contribution in [2.45, 2.75) is 0 Å². The predicted molar refractivity (Wildman–Crippen MR) is 224 cm³/mol. The summed E-state index contributed by atoms with van der Waals surface area (Å²) in [4.78, 5) is 17.1. The number of rotatable bonds is 2. The molecule has 0 radical (unpaired) electrons. The van der Waals surface area contributed by atoms with Gasteiger partial charge in [0.05, 0.1) is 81.0 Å². The van der Waals surface area contributed by atoms with E-state index >= 15 is 0 Å². The first-order chi connectivity index (χ1) is 28.3. The summed E-state index contributed by atoms with van der Waals surface area (Å²) in [6.45, 7) is 6.20. The van der Waals surface area contributed by atoms with Crippen LogP contribution in [0.1, 0.15) is 0 Å². The maximum Gasteiger partial charge on any atom is 0.119 e. The van der Waals surface area contributed by atoms with Gasteiger partial charge in [0.15, 0.2) is 0 Å². The summed E-state index contributed by atoms with van der Waals surface area (Å²) < 4.78 is 35.5. The zero-order valence-corrected chi connectivity index (χ0v) is 31.9. The molecule has 3 aromatic heterocycles. The SMILES string of the molecule is c1ccc(-c2cc(N3CCOCCOCCOc4ccc(cc4)-c4ccc5ccc6ccc(nc6c5n4)-c4ccc(cc4)OCCOCCOCC3)ccn2)cc1. The van der Waals surface area contributed by atoms with Crippen LogP contribution in [0.5, 0.6) is 11.5 Å². The minimum atomic E-state index is 0.438. The molecule has 0 atom stereocenters. The van der Waals surface area contributed by atoms with Crippen LogP contribution >= 0.6 is 0 Å². The number of anilines is 1. The number of fused-ring (bicyclic) bond motifs is 2. The average molecular weight is 763 g/mol. The van der Waals surface area contributed by atoms with Crippen molar-refractivity contribution in [1.82, 2.24) is 15.0 Å². The highest BCUT2D eigenvalue weighted by Crippen LogP contribution is 2.30. The molecule has 6 heterocycles. The summed E-state index contributed by atoms with van der Waals surface area (Å²) in [7, 11) is 0. The molecule has 8 bridgehead atoms. The highest BCUT2D eigenvalue weighted by molar-refractivity contribution is 6.04. The lowest BCUT2D eigenvalue weighted by atomic mass is 10.1. The molecule has 290 valence electrons. The Morgan fingerprint density at radius 3 is 1.39 bits per heavy atom. The molecule has 0 saturated heterocycles. The Balaban J connectivity index is 0.936. The maximum absolute atomic E-state index is 5.98. The molecule has 3 aliphatic heterocycles. The lowest BCUT2D eigenvalue weighted by molar-refractivity contribution is 0.0347. The van der Waals surface area contributed by atoms with Crippen LogP contribution in [-0.2, 0) is 18.9 Å². The molecular weight excluding hydrogens is 717 g/mol. The molecule has 10 heteroatoms. The molecule has 4 aromatic carbocycles. The van der Waals surface area contributed by atoms with E-state index in [0.717, 1.165) is 72.8 Å². The molecule has 10 nitrogen and oxygen atoms in total. The van der Waals surface area contributed by atoms with Crippen LogP contribution in [0.2, 0.25) is 0 Å². The molecule has 7 aromatic rings. The van der Waals surface area contributed by atoms with Crippen LogP contribution in [0, 0.1) is 0 Å². The van der Waals surface area contributed by atoms with Gasteiger partial charge in [0.2, 0.25) is 0 Å². The molecule has 0 fully saturated rings. The van der Waals surface area contributed by atoms with E-state index in [0.29, 0.717) is 79.2 Å². The highest BCUT2D eigenvalue weighted by atomic mass is 16.5. The van der Waals surface area contributed by atoms with Gasteiger partial charge in [0.25, 0.3) is 0 Å². The molecule has 57 heavy (non-hydrogen) atoms. The van der Waals surface area contributed by atoms with Gasteiger partial charge < -0.3 is 33.3 Å². The lowest BCUT2D eigenvalue weighted by Crippen LogP contribution is -2.31. The average Bonchev–Trinajstić information content (AvgIpc) is 3.27. The van der Waals surface area contributed by atoms with E-state index in [9.17, 15) is 0 Å². The van der Waals surface area contributed by atoms with Crippen LogP contribution in [0.4, 0.5) is 5.69 Å². The standard InChI is InChI=1S/C47H46N4O6/c1-2-4-35(5-3-1)45-34-40(20-21-48-45)51-22-24-52-26-28-54-30-32-56-41-14-8-36(9-15-41)43-18-12-38-6-7-39-13-19-44(50-47(39)46(38)49-43)37-10-16-42(17-11-37)57-33-31-55-29-27-53-25-23-51/h1-21,34H,22-33H2. The topological polar surface area (TPSA) is 97.3 Å². The van der Waals surface area contributed by atoms with Crippen LogP contribution < -0.4 is 14.4 Å². The van der Waals surface area contributed by atoms with Crippen LogP contribution in [0.3, 0.4) is 0 Å². The molecule has 0 saturated carbocycles. The second kappa shape index (κ2) is 19.3. The quantitative estimate of drug-likeness (QED) is 0.160. The van der Waals surface area contributed by atoms with Gasteiger partial charge in [-0.05, 0) is 72.8 Å². The highest BCUT2D eigenvalue weighted by Gasteiger charge is 2.12. The molecule has 0 aliphatic carbocycles. The first-order valence-corrected chi connectivity index (χ1v) is 19.5. The fourth-order valence-electron chi connectivity index (χ4n) is 6.72. The summed E-state index contributed by atoms with van der Waals surface area (Å²) >= 11 is 0. The molecule has 0 N–H and O–H groups in total. The smallest absolute Gasteiger partial charge is 0.119 e. The number of aromatic nitrogens is 3. The third-order valence-corrected chi connectivity index (χ3v) is 9.75. The third kappa shape index (κ3) is 10.1. The monoisotopic (exact) mass is 762 g/mol. The Labute approximate surface area is 332 Å². The van der Waals surface area contributed by atoms with Crippen molar-refractivity contribution in [3.8, 4) is 45.3 Å². The zero-order chi connectivity index (χ0) is 38.5. The van der Waals surface area contributed by atoms with Crippen molar-refractivity contribution >= 4 is 27.5 Å². The first-order valence-electron chi connectivity index (χ1n) is 19.5. The van der Waals surface area contributed by atoms with Gasteiger partial charge in [-0.15, -0.1) is 0 Å². The maximum atomic E-state index is 5.98. The van der Waals surface area contributed by atoms with Gasteiger partial charge in [0.1, 0.15) is 24.7 Å². The van der Waals surface area contributed by atoms with Crippen molar-refractivity contribution in [1.29, 1.82) is 0 Å². The molecule has 10 rings (SSSR count). The van der Waals surface area contributed by atoms with Gasteiger partial charge in [-0.3, -0.25) is 4.98 Å². The van der Waals surface area contributed by atoms with E-state index in [2.05, 4.69) is 52.3 Å². The van der Waals surface area contributed by atoms with Crippen LogP contribution in [0.15, 0.2) is 134 Å². The number of ether oxygens (including phenoxy) is 6. The van der Waals surface area contributed by atoms with Crippen molar-refractivity contribution < 1.29 is 28.4 Å². The van der Waals surface area contributed by atoms with Gasteiger partial charge in [-0.2, -0.15) is 0 Å². The van der Waals surface area contributed by atoms with Gasteiger partial charge >= 0.3 is 0 Å². The third-order valence-electron chi connectivity index (χ3n) is 9.75. The predicted octanol–water partition coefficient (Wildman–Crippen LogP) is 8.52. The summed E-state index contributed by atoms with van der Waals surface area (Å²) in [5.41, 5.74) is 8.53. The molecule has 0 unspecified atom stereocenters. The second-order valence-corrected chi connectivity index (χ2v) is 13.5. The number of nitrogens with zero attached hydrogens (tertiary/aromatic N) is 4. The number of hydrogen-bond donors (Lipinski definition) is 0. The van der Waals surface area contributed by atoms with Gasteiger partial charge in [-0.25, -0.2) is 9.97 Å². The first kappa shape index (κ1) is 38.0. The van der Waals surface area contributed by atoms with Crippen molar-refractivity contribution in [2.24, 2.45) is 0 Å². The zero-order valence-electron chi connectivity index (χ0n) is 31.9. The number of hydrogen-bond acceptors (Lipinski definition) is 10. The lowest BCUT2D eigenvalue weighted by Gasteiger charge is -2.25. The Kier molecular flexibility index (Phi) is 12.9. The van der Waals surface area contributed by atoms with Crippen molar-refractivity contribution in [2.75, 3.05) is 84.1 Å². The summed E-state index contributed by atoms with van der Waals surface area (Å²) in [6, 6.07) is 42.9. The van der Waals surface area contributed by atoms with E-state index in [4.69, 9.17) is 38.4 Å². The van der Waals surface area contributed by atoms with E-state index in [1.807, 2.05) is 91.1 Å². The van der Waals surface area contributed by atoms with Crippen LogP contribution in [-0.4, -0.2) is 94.1 Å². The minimum absolute atomic E-state index is 0.438. The Bertz CT molecular complexity index is 2220. The normalized spacial score (nSPS) is 15.5. The fraction of sp³-hybridized carbons (Fsp3) is 0.255. The summed E-state index contributed by atoms with van der Waals surface area (Å²) in [5, 5.41) is 2.08. The van der Waals surface area contributed by atoms with E-state index < -0.39 is 0 Å². The molecular formula is C47H46N4O6. The van der Waals surface area contributed by atoms with E-state index in [-0.39, 0.29) is 0 Å². The van der Waals surface area contributed by atoms with Crippen molar-refractivity contribution in [3.63, 3.8) is 0 Å². The molecule has 0 amide bonds. The fourth-order valence-corrected chi connectivity index (χ4v) is 6.72. The second-order valence-electron chi connectivity index (χ2n) is 13.5. The number of pyridine rings is 3. The summed E-state index contributed by atoms with van der Waals surface area (Å²) in [5.74, 6) is 1.55. The number of benzene rings is 4. The Hall–Kier alpha value is -5.91. The molecule has 3 aliphatic rings. The van der Waals surface area contributed by atoms with Gasteiger partial charge in [-0.1, -0.05) is 54.6 Å². The van der Waals surface area contributed by atoms with Gasteiger partial charge in [0, 0.05) is 52.4 Å². The van der Waals surface area contributed by atoms with E-state index in [1.54, 1.807) is 0 Å². The van der Waals surface area contributed by atoms with Crippen LogP contribution in [0.25, 0.3) is 55.6 Å². The summed E-state index contributed by atoms with van der Waals surface area (Å²) in [6.07, 6.45) is 1.85. The Morgan fingerprint density at radius 1 is 0.404 bits per heavy atom. The van der Waals surface area contributed by atoms with E-state index in [1.165, 1.54) is 0 Å². The largest absolute Gasteiger partial charge is 0.491 e. The Morgan fingerprint density at radius 2 is 0.860 bits per heavy atom.